The van der Waals surface area contributed by atoms with Crippen LogP contribution in [0.2, 0.25) is 5.02 Å². The summed E-state index contributed by atoms with van der Waals surface area (Å²) < 4.78 is 0. The summed E-state index contributed by atoms with van der Waals surface area (Å²) in [6, 6.07) is 6.11. The standard InChI is InChI=1S/C7H5ClO3.C2H6/c8-6-3-1-2-5(4-6)7(9)11-10;1-2/h1-4,10H;1-2H3. The van der Waals surface area contributed by atoms with Crippen molar-refractivity contribution in [3.05, 3.63) is 34.9 Å². The lowest BCUT2D eigenvalue weighted by molar-refractivity contribution is -0.182. The molecule has 0 saturated heterocycles. The Morgan fingerprint density at radius 1 is 1.46 bits per heavy atom. The lowest BCUT2D eigenvalue weighted by Gasteiger charge is -1.95. The number of rotatable bonds is 1. The largest absolute Gasteiger partial charge is 0.372 e. The van der Waals surface area contributed by atoms with Crippen molar-refractivity contribution in [1.29, 1.82) is 0 Å². The van der Waals surface area contributed by atoms with Gasteiger partial charge in [-0.3, -0.25) is 4.89 Å². The van der Waals surface area contributed by atoms with Crippen molar-refractivity contribution in [2.45, 2.75) is 13.8 Å². The second-order valence-corrected chi connectivity index (χ2v) is 2.33. The van der Waals surface area contributed by atoms with Crippen LogP contribution in [0.25, 0.3) is 0 Å². The monoisotopic (exact) mass is 202 g/mol. The number of carbonyl (C=O) groups excluding carboxylic acids is 1. The molecule has 0 radical (unpaired) electrons. The summed E-state index contributed by atoms with van der Waals surface area (Å²) in [4.78, 5) is 14.1. The van der Waals surface area contributed by atoms with Crippen molar-refractivity contribution in [2.24, 2.45) is 0 Å². The van der Waals surface area contributed by atoms with E-state index in [-0.39, 0.29) is 5.56 Å². The van der Waals surface area contributed by atoms with Gasteiger partial charge < -0.3 is 0 Å². The van der Waals surface area contributed by atoms with Crippen LogP contribution in [0, 0.1) is 0 Å². The fourth-order valence-corrected chi connectivity index (χ4v) is 0.858. The molecule has 0 aliphatic rings. The van der Waals surface area contributed by atoms with E-state index in [1.165, 1.54) is 12.1 Å². The summed E-state index contributed by atoms with van der Waals surface area (Å²) in [6.07, 6.45) is 0. The van der Waals surface area contributed by atoms with Crippen LogP contribution in [-0.2, 0) is 4.89 Å². The smallest absolute Gasteiger partial charge is 0.296 e. The van der Waals surface area contributed by atoms with Crippen LogP contribution in [0.1, 0.15) is 24.2 Å². The summed E-state index contributed by atoms with van der Waals surface area (Å²) in [7, 11) is 0. The van der Waals surface area contributed by atoms with Crippen LogP contribution in [0.4, 0.5) is 0 Å². The predicted octanol–water partition coefficient (Wildman–Crippen LogP) is 3.00. The Balaban J connectivity index is 0.000000671. The van der Waals surface area contributed by atoms with E-state index in [0.29, 0.717) is 5.02 Å². The molecule has 0 aliphatic carbocycles. The van der Waals surface area contributed by atoms with Crippen molar-refractivity contribution >= 4 is 17.6 Å². The zero-order valence-electron chi connectivity index (χ0n) is 7.45. The van der Waals surface area contributed by atoms with Crippen LogP contribution in [0.3, 0.4) is 0 Å². The van der Waals surface area contributed by atoms with Gasteiger partial charge in [-0.1, -0.05) is 31.5 Å². The van der Waals surface area contributed by atoms with E-state index in [2.05, 4.69) is 4.89 Å². The molecule has 0 atom stereocenters. The highest BCUT2D eigenvalue weighted by atomic mass is 35.5. The Morgan fingerprint density at radius 3 is 2.54 bits per heavy atom. The summed E-state index contributed by atoms with van der Waals surface area (Å²) in [5.74, 6) is -0.813. The van der Waals surface area contributed by atoms with Gasteiger partial charge in [0.05, 0.1) is 5.56 Å². The molecule has 0 spiro atoms. The van der Waals surface area contributed by atoms with E-state index >= 15 is 0 Å². The molecule has 4 heteroatoms. The van der Waals surface area contributed by atoms with Crippen LogP contribution in [0.5, 0.6) is 0 Å². The van der Waals surface area contributed by atoms with E-state index in [4.69, 9.17) is 16.9 Å². The number of benzene rings is 1. The molecule has 0 bridgehead atoms. The van der Waals surface area contributed by atoms with Crippen molar-refractivity contribution < 1.29 is 14.9 Å². The molecule has 0 unspecified atom stereocenters. The first kappa shape index (κ1) is 11.9. The van der Waals surface area contributed by atoms with Crippen LogP contribution >= 0.6 is 11.6 Å². The lowest BCUT2D eigenvalue weighted by Crippen LogP contribution is -2.00. The molecule has 0 fully saturated rings. The van der Waals surface area contributed by atoms with Crippen molar-refractivity contribution in [3.8, 4) is 0 Å². The third-order valence-corrected chi connectivity index (χ3v) is 1.38. The molecule has 1 rings (SSSR count). The molecular weight excluding hydrogens is 192 g/mol. The lowest BCUT2D eigenvalue weighted by atomic mass is 10.2. The third kappa shape index (κ3) is 3.92. The van der Waals surface area contributed by atoms with E-state index in [1.807, 2.05) is 13.8 Å². The molecular formula is C9H11ClO3. The highest BCUT2D eigenvalue weighted by Crippen LogP contribution is 2.10. The molecule has 72 valence electrons. The summed E-state index contributed by atoms with van der Waals surface area (Å²) in [6.45, 7) is 4.00. The van der Waals surface area contributed by atoms with Gasteiger partial charge in [-0.05, 0) is 18.2 Å². The number of halogens is 1. The quantitative estimate of drug-likeness (QED) is 0.563. The topological polar surface area (TPSA) is 46.5 Å². The van der Waals surface area contributed by atoms with Crippen LogP contribution < -0.4 is 0 Å². The fourth-order valence-electron chi connectivity index (χ4n) is 0.668. The molecule has 1 aromatic carbocycles. The number of hydrogen-bond donors (Lipinski definition) is 1. The fraction of sp³-hybridized carbons (Fsp3) is 0.222. The number of carbonyl (C=O) groups is 1. The van der Waals surface area contributed by atoms with E-state index in [9.17, 15) is 4.79 Å². The summed E-state index contributed by atoms with van der Waals surface area (Å²) >= 11 is 5.56. The highest BCUT2D eigenvalue weighted by Gasteiger charge is 2.05. The first-order valence-electron chi connectivity index (χ1n) is 3.85. The van der Waals surface area contributed by atoms with E-state index < -0.39 is 5.97 Å². The first-order chi connectivity index (χ1) is 6.24. The summed E-state index contributed by atoms with van der Waals surface area (Å²) in [5, 5.41) is 8.41. The average Bonchev–Trinajstić information content (AvgIpc) is 2.20. The predicted molar refractivity (Wildman–Crippen MR) is 50.8 cm³/mol. The Bertz CT molecular complexity index is 273. The van der Waals surface area contributed by atoms with Gasteiger partial charge >= 0.3 is 5.97 Å². The molecule has 3 nitrogen and oxygen atoms in total. The van der Waals surface area contributed by atoms with Gasteiger partial charge in [0.1, 0.15) is 0 Å². The molecule has 0 amide bonds. The zero-order valence-corrected chi connectivity index (χ0v) is 8.21. The van der Waals surface area contributed by atoms with Crippen LogP contribution in [0.15, 0.2) is 24.3 Å². The molecule has 0 saturated carbocycles. The van der Waals surface area contributed by atoms with Crippen LogP contribution in [-0.4, -0.2) is 11.2 Å². The van der Waals surface area contributed by atoms with Crippen molar-refractivity contribution in [3.63, 3.8) is 0 Å². The van der Waals surface area contributed by atoms with Gasteiger partial charge in [-0.15, -0.1) is 0 Å². The maximum Gasteiger partial charge on any atom is 0.372 e. The average molecular weight is 203 g/mol. The Kier molecular flexibility index (Phi) is 5.93. The van der Waals surface area contributed by atoms with Gasteiger partial charge in [-0.25, -0.2) is 4.79 Å². The molecule has 0 heterocycles. The summed E-state index contributed by atoms with van der Waals surface area (Å²) in [5.41, 5.74) is 0.222. The van der Waals surface area contributed by atoms with Gasteiger partial charge in [0.15, 0.2) is 0 Å². The maximum atomic E-state index is 10.6. The minimum absolute atomic E-state index is 0.222. The third-order valence-electron chi connectivity index (χ3n) is 1.14. The minimum Gasteiger partial charge on any atom is -0.296 e. The highest BCUT2D eigenvalue weighted by molar-refractivity contribution is 6.30. The van der Waals surface area contributed by atoms with Crippen molar-refractivity contribution in [2.75, 3.05) is 0 Å². The van der Waals surface area contributed by atoms with Gasteiger partial charge in [0.2, 0.25) is 0 Å². The zero-order chi connectivity index (χ0) is 10.3. The Labute approximate surface area is 81.8 Å². The van der Waals surface area contributed by atoms with E-state index in [1.54, 1.807) is 12.1 Å². The van der Waals surface area contributed by atoms with Gasteiger partial charge in [0, 0.05) is 5.02 Å². The van der Waals surface area contributed by atoms with E-state index in [0.717, 1.165) is 0 Å². The molecule has 0 aliphatic heterocycles. The first-order valence-corrected chi connectivity index (χ1v) is 4.23. The molecule has 1 N–H and O–H groups in total. The Morgan fingerprint density at radius 2 is 2.08 bits per heavy atom. The van der Waals surface area contributed by atoms with Gasteiger partial charge in [0.25, 0.3) is 0 Å². The second kappa shape index (κ2) is 6.46. The minimum atomic E-state index is -0.813. The molecule has 1 aromatic rings. The molecule has 13 heavy (non-hydrogen) atoms. The normalized spacial score (nSPS) is 8.31. The second-order valence-electron chi connectivity index (χ2n) is 1.89. The van der Waals surface area contributed by atoms with Gasteiger partial charge in [-0.2, -0.15) is 5.26 Å². The molecule has 0 aromatic heterocycles. The maximum absolute atomic E-state index is 10.6. The number of hydrogen-bond acceptors (Lipinski definition) is 3. The SMILES string of the molecule is CC.O=C(OO)c1cccc(Cl)c1. The Hall–Kier alpha value is -1.06. The van der Waals surface area contributed by atoms with Crippen molar-refractivity contribution in [1.82, 2.24) is 0 Å².